The van der Waals surface area contributed by atoms with E-state index < -0.39 is 0 Å². The van der Waals surface area contributed by atoms with Crippen molar-refractivity contribution in [2.24, 2.45) is 5.92 Å². The first-order chi connectivity index (χ1) is 17.1. The van der Waals surface area contributed by atoms with Crippen molar-refractivity contribution in [2.75, 3.05) is 29.5 Å². The molecule has 0 atom stereocenters. The van der Waals surface area contributed by atoms with Crippen molar-refractivity contribution < 1.29 is 9.59 Å². The van der Waals surface area contributed by atoms with E-state index in [1.54, 1.807) is 11.3 Å². The number of nitrogen functional groups attached to an aromatic ring is 1. The summed E-state index contributed by atoms with van der Waals surface area (Å²) < 4.78 is 0. The van der Waals surface area contributed by atoms with Crippen LogP contribution in [-0.2, 0) is 4.79 Å². The Morgan fingerprint density at radius 1 is 0.943 bits per heavy atom. The highest BCUT2D eigenvalue weighted by atomic mass is 32.1. The second kappa shape index (κ2) is 10.5. The van der Waals surface area contributed by atoms with Crippen molar-refractivity contribution in [3.63, 3.8) is 0 Å². The van der Waals surface area contributed by atoms with E-state index >= 15 is 0 Å². The van der Waals surface area contributed by atoms with Gasteiger partial charge in [-0.15, -0.1) is 11.3 Å². The van der Waals surface area contributed by atoms with Gasteiger partial charge in [0.05, 0.1) is 11.4 Å². The summed E-state index contributed by atoms with van der Waals surface area (Å²) in [6.07, 6.45) is 6.16. The Morgan fingerprint density at radius 2 is 1.69 bits per heavy atom. The molecule has 0 bridgehead atoms. The number of likely N-dealkylation sites (tertiary alicyclic amines) is 1. The average Bonchev–Trinajstić information content (AvgIpc) is 3.61. The Bertz CT molecular complexity index is 1160. The lowest BCUT2D eigenvalue weighted by molar-refractivity contribution is -0.135. The Hall–Kier alpha value is -3.32. The van der Waals surface area contributed by atoms with Crippen LogP contribution in [0.1, 0.15) is 48.9 Å². The second-order valence-electron chi connectivity index (χ2n) is 9.54. The quantitative estimate of drug-likeness (QED) is 0.380. The van der Waals surface area contributed by atoms with Crippen LogP contribution in [-0.4, -0.2) is 35.8 Å². The summed E-state index contributed by atoms with van der Waals surface area (Å²) in [5.41, 5.74) is 9.87. The molecule has 35 heavy (non-hydrogen) atoms. The fraction of sp³-hybridized carbons (Fsp3) is 0.357. The van der Waals surface area contributed by atoms with Crippen molar-refractivity contribution in [1.29, 1.82) is 0 Å². The minimum atomic E-state index is -0.187. The van der Waals surface area contributed by atoms with E-state index in [0.29, 0.717) is 28.9 Å². The molecule has 1 saturated heterocycles. The Balaban J connectivity index is 1.15. The zero-order chi connectivity index (χ0) is 24.2. The predicted molar refractivity (Wildman–Crippen MR) is 144 cm³/mol. The molecule has 2 aromatic carbocycles. The maximum absolute atomic E-state index is 12.9. The van der Waals surface area contributed by atoms with Gasteiger partial charge in [0.25, 0.3) is 5.91 Å². The minimum absolute atomic E-state index is 0.183. The molecule has 1 saturated carbocycles. The number of hydrogen-bond donors (Lipinski definition) is 3. The first-order valence-electron chi connectivity index (χ1n) is 12.5. The van der Waals surface area contributed by atoms with Gasteiger partial charge in [0, 0.05) is 41.2 Å². The Morgan fingerprint density at radius 3 is 2.37 bits per heavy atom. The summed E-state index contributed by atoms with van der Waals surface area (Å²) in [5, 5.41) is 8.56. The van der Waals surface area contributed by atoms with Crippen LogP contribution in [0.4, 0.5) is 17.1 Å². The largest absolute Gasteiger partial charge is 0.397 e. The van der Waals surface area contributed by atoms with Gasteiger partial charge in [-0.25, -0.2) is 0 Å². The molecule has 182 valence electrons. The van der Waals surface area contributed by atoms with Crippen molar-refractivity contribution in [2.45, 2.75) is 44.6 Å². The molecule has 1 aromatic heterocycles. The normalized spacial score (nSPS) is 19.9. The van der Waals surface area contributed by atoms with Crippen LogP contribution in [0.5, 0.6) is 0 Å². The van der Waals surface area contributed by atoms with E-state index in [4.69, 9.17) is 5.73 Å². The summed E-state index contributed by atoms with van der Waals surface area (Å²) in [6.45, 7) is 1.87. The van der Waals surface area contributed by atoms with E-state index in [9.17, 15) is 9.59 Å². The highest BCUT2D eigenvalue weighted by Gasteiger charge is 2.30. The molecule has 4 N–H and O–H groups in total. The van der Waals surface area contributed by atoms with Gasteiger partial charge in [-0.05, 0) is 91.9 Å². The van der Waals surface area contributed by atoms with Gasteiger partial charge in [-0.2, -0.15) is 0 Å². The lowest BCUT2D eigenvalue weighted by atomic mass is 9.85. The van der Waals surface area contributed by atoms with Crippen LogP contribution in [0.2, 0.25) is 0 Å². The monoisotopic (exact) mass is 488 g/mol. The van der Waals surface area contributed by atoms with E-state index in [0.717, 1.165) is 67.7 Å². The lowest BCUT2D eigenvalue weighted by Gasteiger charge is -2.31. The third-order valence-electron chi connectivity index (χ3n) is 7.12. The fourth-order valence-electron chi connectivity index (χ4n) is 5.09. The molecule has 5 rings (SSSR count). The first-order valence-corrected chi connectivity index (χ1v) is 13.3. The number of carbonyl (C=O) groups is 2. The molecule has 7 heteroatoms. The van der Waals surface area contributed by atoms with Crippen LogP contribution < -0.4 is 16.4 Å². The summed E-state index contributed by atoms with van der Waals surface area (Å²) in [5.74, 6) is 0.355. The molecule has 6 nitrogen and oxygen atoms in total. The van der Waals surface area contributed by atoms with Gasteiger partial charge in [0.1, 0.15) is 0 Å². The van der Waals surface area contributed by atoms with Crippen LogP contribution in [0.25, 0.3) is 10.4 Å². The maximum Gasteiger partial charge on any atom is 0.255 e. The molecular weight excluding hydrogens is 456 g/mol. The number of amides is 2. The highest BCUT2D eigenvalue weighted by Crippen LogP contribution is 2.31. The molecule has 1 aliphatic heterocycles. The molecule has 0 spiro atoms. The van der Waals surface area contributed by atoms with E-state index in [1.165, 1.54) is 0 Å². The van der Waals surface area contributed by atoms with Crippen LogP contribution in [0.15, 0.2) is 60.0 Å². The molecule has 2 heterocycles. The third kappa shape index (κ3) is 5.51. The van der Waals surface area contributed by atoms with Crippen LogP contribution >= 0.6 is 11.3 Å². The van der Waals surface area contributed by atoms with E-state index in [1.807, 2.05) is 64.9 Å². The minimum Gasteiger partial charge on any atom is -0.397 e. The Kier molecular flexibility index (Phi) is 7.04. The number of benzene rings is 2. The number of hydrogen-bond acceptors (Lipinski definition) is 5. The zero-order valence-electron chi connectivity index (χ0n) is 19.8. The number of nitrogens with zero attached hydrogens (tertiary/aromatic N) is 1. The lowest BCUT2D eigenvalue weighted by Crippen LogP contribution is -2.37. The van der Waals surface area contributed by atoms with Crippen molar-refractivity contribution >= 4 is 40.2 Å². The van der Waals surface area contributed by atoms with Gasteiger partial charge in [-0.3, -0.25) is 9.59 Å². The fourth-order valence-corrected chi connectivity index (χ4v) is 5.81. The second-order valence-corrected chi connectivity index (χ2v) is 10.5. The number of nitrogens with two attached hydrogens (primary N) is 1. The van der Waals surface area contributed by atoms with Gasteiger partial charge in [-0.1, -0.05) is 12.1 Å². The van der Waals surface area contributed by atoms with Gasteiger partial charge in [0.15, 0.2) is 0 Å². The molecule has 0 unspecified atom stereocenters. The zero-order valence-corrected chi connectivity index (χ0v) is 20.7. The molecule has 0 radical (unpaired) electrons. The molecule has 2 fully saturated rings. The molecule has 2 amide bonds. The smallest absolute Gasteiger partial charge is 0.255 e. The standard InChI is InChI=1S/C28H32N4O2S/c29-24-14-9-21(26-4-3-17-35-26)18-25(24)31-27(33)19-5-10-22(11-6-19)30-23-12-7-20(8-13-23)28(34)32-15-1-2-16-32/h3-6,9-11,14,17-18,20,23,30H,1-2,7-8,12-13,15-16,29H2,(H,31,33). The van der Waals surface area contributed by atoms with Crippen molar-refractivity contribution in [3.05, 3.63) is 65.5 Å². The first kappa shape index (κ1) is 23.4. The van der Waals surface area contributed by atoms with Crippen molar-refractivity contribution in [1.82, 2.24) is 4.90 Å². The molecular formula is C28H32N4O2S. The van der Waals surface area contributed by atoms with Crippen LogP contribution in [0, 0.1) is 5.92 Å². The predicted octanol–water partition coefficient (Wildman–Crippen LogP) is 5.84. The van der Waals surface area contributed by atoms with E-state index in [2.05, 4.69) is 10.6 Å². The van der Waals surface area contributed by atoms with Gasteiger partial charge >= 0.3 is 0 Å². The molecule has 2 aliphatic rings. The number of thiophene rings is 1. The molecule has 3 aromatic rings. The molecule has 1 aliphatic carbocycles. The Labute approximate surface area is 210 Å². The third-order valence-corrected chi connectivity index (χ3v) is 8.04. The average molecular weight is 489 g/mol. The van der Waals surface area contributed by atoms with Gasteiger partial charge in [0.2, 0.25) is 5.91 Å². The van der Waals surface area contributed by atoms with Crippen LogP contribution in [0.3, 0.4) is 0 Å². The topological polar surface area (TPSA) is 87.5 Å². The summed E-state index contributed by atoms with van der Waals surface area (Å²) in [4.78, 5) is 28.7. The highest BCUT2D eigenvalue weighted by molar-refractivity contribution is 7.13. The number of anilines is 3. The van der Waals surface area contributed by atoms with E-state index in [-0.39, 0.29) is 11.8 Å². The summed E-state index contributed by atoms with van der Waals surface area (Å²) >= 11 is 1.65. The number of nitrogens with one attached hydrogen (secondary N) is 2. The number of rotatable bonds is 6. The number of carbonyl (C=O) groups excluding carboxylic acids is 2. The maximum atomic E-state index is 12.9. The SMILES string of the molecule is Nc1ccc(-c2cccs2)cc1NC(=O)c1ccc(NC2CCC(C(=O)N3CCCC3)CC2)cc1. The van der Waals surface area contributed by atoms with Crippen molar-refractivity contribution in [3.8, 4) is 10.4 Å². The summed E-state index contributed by atoms with van der Waals surface area (Å²) in [7, 11) is 0. The van der Waals surface area contributed by atoms with Gasteiger partial charge < -0.3 is 21.3 Å². The summed E-state index contributed by atoms with van der Waals surface area (Å²) in [6, 6.07) is 17.7.